The highest BCUT2D eigenvalue weighted by Crippen LogP contribution is 2.37. The van der Waals surface area contributed by atoms with E-state index in [9.17, 15) is 14.0 Å². The first kappa shape index (κ1) is 22.7. The maximum Gasteiger partial charge on any atom is 0.328 e. The standard InChI is InChI=1S/C26H32FN2O3S/c27-21-8-6-20(7-9-21)25(28-12-2-1-3-13-28)26(31)32-23-18-29(14-10-19(23)11-15-29)17-22(30)24-5-4-16-33-24/h4-9,16,19,23,25H,1-3,10-15,17-18H2/q+1/t19?,23-,25?,29?/m0/s1. The van der Waals surface area contributed by atoms with E-state index in [1.807, 2.05) is 17.5 Å². The molecule has 33 heavy (non-hydrogen) atoms. The Hall–Kier alpha value is -2.09. The van der Waals surface area contributed by atoms with Gasteiger partial charge in [0.05, 0.1) is 18.0 Å². The van der Waals surface area contributed by atoms with E-state index in [1.54, 1.807) is 12.1 Å². The highest BCUT2D eigenvalue weighted by atomic mass is 32.1. The van der Waals surface area contributed by atoms with Crippen molar-refractivity contribution in [2.75, 3.05) is 39.3 Å². The van der Waals surface area contributed by atoms with Crippen LogP contribution in [0.2, 0.25) is 0 Å². The van der Waals surface area contributed by atoms with Gasteiger partial charge in [0.2, 0.25) is 5.78 Å². The summed E-state index contributed by atoms with van der Waals surface area (Å²) in [4.78, 5) is 29.4. The quantitative estimate of drug-likeness (QED) is 0.340. The van der Waals surface area contributed by atoms with Crippen molar-refractivity contribution in [3.63, 3.8) is 0 Å². The van der Waals surface area contributed by atoms with Crippen LogP contribution in [0.4, 0.5) is 4.39 Å². The third-order valence-corrected chi connectivity index (χ3v) is 8.66. The molecule has 1 unspecified atom stereocenters. The van der Waals surface area contributed by atoms with Gasteiger partial charge in [-0.1, -0.05) is 24.6 Å². The lowest BCUT2D eigenvalue weighted by molar-refractivity contribution is -0.938. The molecule has 2 bridgehead atoms. The Labute approximate surface area is 198 Å². The van der Waals surface area contributed by atoms with E-state index in [1.165, 1.54) is 29.9 Å². The number of benzene rings is 1. The molecule has 4 aliphatic rings. The van der Waals surface area contributed by atoms with E-state index in [0.29, 0.717) is 19.0 Å². The van der Waals surface area contributed by atoms with E-state index in [-0.39, 0.29) is 23.7 Å². The molecule has 5 heterocycles. The second-order valence-corrected chi connectivity index (χ2v) is 10.8. The normalized spacial score (nSPS) is 28.4. The van der Waals surface area contributed by atoms with Crippen LogP contribution in [0.5, 0.6) is 0 Å². The summed E-state index contributed by atoms with van der Waals surface area (Å²) in [5, 5.41) is 1.94. The van der Waals surface area contributed by atoms with Crippen molar-refractivity contribution in [2.45, 2.75) is 44.2 Å². The van der Waals surface area contributed by atoms with Crippen LogP contribution in [0.25, 0.3) is 0 Å². The summed E-state index contributed by atoms with van der Waals surface area (Å²) in [6, 6.07) is 9.57. The fourth-order valence-electron chi connectivity index (χ4n) is 5.93. The number of piperidine rings is 4. The predicted octanol–water partition coefficient (Wildman–Crippen LogP) is 4.45. The number of hydrogen-bond acceptors (Lipinski definition) is 5. The van der Waals surface area contributed by atoms with Crippen LogP contribution in [0.3, 0.4) is 0 Å². The first-order valence-electron chi connectivity index (χ1n) is 12.1. The fraction of sp³-hybridized carbons (Fsp3) is 0.538. The zero-order valence-corrected chi connectivity index (χ0v) is 19.8. The van der Waals surface area contributed by atoms with Crippen LogP contribution in [0.15, 0.2) is 41.8 Å². The van der Waals surface area contributed by atoms with Crippen LogP contribution in [-0.2, 0) is 9.53 Å². The first-order valence-corrected chi connectivity index (χ1v) is 13.0. The average molecular weight is 472 g/mol. The second-order valence-electron chi connectivity index (χ2n) is 9.89. The molecular formula is C26H32FN2O3S+. The summed E-state index contributed by atoms with van der Waals surface area (Å²) in [7, 11) is 0. The fourth-order valence-corrected chi connectivity index (χ4v) is 6.58. The number of ketones is 1. The van der Waals surface area contributed by atoms with Gasteiger partial charge in [-0.3, -0.25) is 9.69 Å². The van der Waals surface area contributed by atoms with Crippen LogP contribution in [0, 0.1) is 11.7 Å². The Bertz CT molecular complexity index is 964. The minimum atomic E-state index is -0.498. The maximum atomic E-state index is 13.6. The molecule has 4 aliphatic heterocycles. The maximum absolute atomic E-state index is 13.6. The molecule has 6 rings (SSSR count). The summed E-state index contributed by atoms with van der Waals surface area (Å²) in [6.45, 7) is 4.84. The molecular weight excluding hydrogens is 439 g/mol. The molecule has 0 spiro atoms. The zero-order chi connectivity index (χ0) is 22.8. The largest absolute Gasteiger partial charge is 0.455 e. The van der Waals surface area contributed by atoms with Crippen molar-refractivity contribution in [3.05, 3.63) is 58.0 Å². The zero-order valence-electron chi connectivity index (χ0n) is 19.0. The van der Waals surface area contributed by atoms with E-state index in [0.717, 1.165) is 66.8 Å². The Kier molecular flexibility index (Phi) is 6.63. The summed E-state index contributed by atoms with van der Waals surface area (Å²) >= 11 is 1.49. The molecule has 4 saturated heterocycles. The number of hydrogen-bond donors (Lipinski definition) is 0. The molecule has 0 saturated carbocycles. The van der Waals surface area contributed by atoms with E-state index in [2.05, 4.69) is 4.90 Å². The summed E-state index contributed by atoms with van der Waals surface area (Å²) in [5.41, 5.74) is 0.793. The number of rotatable bonds is 7. The van der Waals surface area contributed by atoms with Gasteiger partial charge in [-0.2, -0.15) is 0 Å². The smallest absolute Gasteiger partial charge is 0.328 e. The number of carbonyl (C=O) groups excluding carboxylic acids is 2. The lowest BCUT2D eigenvalue weighted by atomic mass is 9.83. The number of carbonyl (C=O) groups is 2. The van der Waals surface area contributed by atoms with Crippen molar-refractivity contribution in [1.29, 1.82) is 0 Å². The molecule has 5 nitrogen and oxygen atoms in total. The number of thiophene rings is 1. The second kappa shape index (κ2) is 9.65. The Balaban J connectivity index is 1.31. The predicted molar refractivity (Wildman–Crippen MR) is 126 cm³/mol. The SMILES string of the molecule is O=C(C[N+]12CCC(CC1)[C@@H](OC(=O)C(c1ccc(F)cc1)N1CCCCC1)C2)c1cccs1. The van der Waals surface area contributed by atoms with Gasteiger partial charge >= 0.3 is 5.97 Å². The highest BCUT2D eigenvalue weighted by molar-refractivity contribution is 7.12. The Morgan fingerprint density at radius 3 is 2.48 bits per heavy atom. The lowest BCUT2D eigenvalue weighted by Crippen LogP contribution is -2.65. The van der Waals surface area contributed by atoms with Crippen LogP contribution < -0.4 is 0 Å². The number of likely N-dealkylation sites (tertiary alicyclic amines) is 1. The van der Waals surface area contributed by atoms with E-state index >= 15 is 0 Å². The molecule has 1 aromatic heterocycles. The molecule has 1 aromatic carbocycles. The summed E-state index contributed by atoms with van der Waals surface area (Å²) < 4.78 is 20.5. The van der Waals surface area contributed by atoms with Gasteiger partial charge in [0.1, 0.15) is 24.9 Å². The van der Waals surface area contributed by atoms with Gasteiger partial charge in [-0.25, -0.2) is 9.18 Å². The minimum absolute atomic E-state index is 0.163. The van der Waals surface area contributed by atoms with Crippen molar-refractivity contribution >= 4 is 23.1 Å². The van der Waals surface area contributed by atoms with Gasteiger partial charge in [-0.15, -0.1) is 11.3 Å². The molecule has 7 heteroatoms. The Morgan fingerprint density at radius 2 is 1.82 bits per heavy atom. The van der Waals surface area contributed by atoms with Crippen molar-refractivity contribution in [1.82, 2.24) is 4.90 Å². The van der Waals surface area contributed by atoms with Crippen LogP contribution >= 0.6 is 11.3 Å². The summed E-state index contributed by atoms with van der Waals surface area (Å²) in [6.07, 6.45) is 5.10. The number of esters is 1. The third kappa shape index (κ3) is 4.91. The summed E-state index contributed by atoms with van der Waals surface area (Å²) in [5.74, 6) is 0.0164. The topological polar surface area (TPSA) is 46.6 Å². The van der Waals surface area contributed by atoms with Gasteiger partial charge < -0.3 is 9.22 Å². The number of Topliss-reactive ketones (excluding diaryl/α,β-unsaturated/α-hetero) is 1. The monoisotopic (exact) mass is 471 g/mol. The molecule has 176 valence electrons. The van der Waals surface area contributed by atoms with Crippen LogP contribution in [0.1, 0.15) is 53.4 Å². The number of halogens is 1. The highest BCUT2D eigenvalue weighted by Gasteiger charge is 2.49. The third-order valence-electron chi connectivity index (χ3n) is 7.75. The van der Waals surface area contributed by atoms with Crippen molar-refractivity contribution in [2.24, 2.45) is 5.92 Å². The number of nitrogens with zero attached hydrogens (tertiary/aromatic N) is 2. The lowest BCUT2D eigenvalue weighted by Gasteiger charge is -2.51. The van der Waals surface area contributed by atoms with Gasteiger partial charge in [0, 0.05) is 18.8 Å². The average Bonchev–Trinajstić information content (AvgIpc) is 3.37. The number of ether oxygens (including phenoxy) is 1. The molecule has 0 N–H and O–H groups in total. The molecule has 2 atom stereocenters. The number of quaternary nitrogens is 1. The Morgan fingerprint density at radius 1 is 1.09 bits per heavy atom. The minimum Gasteiger partial charge on any atom is -0.455 e. The van der Waals surface area contributed by atoms with E-state index in [4.69, 9.17) is 4.74 Å². The first-order chi connectivity index (χ1) is 16.0. The van der Waals surface area contributed by atoms with E-state index < -0.39 is 6.04 Å². The van der Waals surface area contributed by atoms with Gasteiger partial charge in [0.25, 0.3) is 0 Å². The molecule has 0 amide bonds. The molecule has 4 fully saturated rings. The molecule has 0 aliphatic carbocycles. The molecule has 0 radical (unpaired) electrons. The number of fused-ring (bicyclic) bond motifs is 3. The molecule has 2 aromatic rings. The van der Waals surface area contributed by atoms with Gasteiger partial charge in [0.15, 0.2) is 6.10 Å². The van der Waals surface area contributed by atoms with Crippen molar-refractivity contribution < 1.29 is 23.2 Å². The van der Waals surface area contributed by atoms with Crippen molar-refractivity contribution in [3.8, 4) is 0 Å². The van der Waals surface area contributed by atoms with Gasteiger partial charge in [-0.05, 0) is 55.1 Å². The van der Waals surface area contributed by atoms with Crippen LogP contribution in [-0.4, -0.2) is 66.5 Å².